The molecular formula is C27H36MnO4Si-4. The van der Waals surface area contributed by atoms with Gasteiger partial charge in [-0.1, -0.05) is 82.9 Å². The number of fused-ring (bicyclic) bond motifs is 1. The Kier molecular flexibility index (Phi) is 10.2. The maximum absolute atomic E-state index is 11.2. The minimum Gasteiger partial charge on any atom is -2.00 e. The fourth-order valence-electron chi connectivity index (χ4n) is 4.60. The van der Waals surface area contributed by atoms with E-state index in [9.17, 15) is 9.90 Å². The topological polar surface area (TPSA) is 94.3 Å². The fourth-order valence-corrected chi connectivity index (χ4v) is 6.28. The first kappa shape index (κ1) is 31.3. The van der Waals surface area contributed by atoms with Gasteiger partial charge in [-0.2, -0.15) is 0 Å². The number of aromatic carboxylic acids is 1. The van der Waals surface area contributed by atoms with Crippen molar-refractivity contribution in [3.05, 3.63) is 69.8 Å². The van der Waals surface area contributed by atoms with Gasteiger partial charge < -0.3 is 16.1 Å². The van der Waals surface area contributed by atoms with Crippen LogP contribution in [0.15, 0.2) is 36.4 Å². The van der Waals surface area contributed by atoms with Crippen molar-refractivity contribution in [2.45, 2.75) is 77.9 Å². The molecule has 2 aromatic carbocycles. The van der Waals surface area contributed by atoms with Crippen LogP contribution in [-0.4, -0.2) is 19.1 Å². The molecule has 1 N–H and O–H groups in total. The molecule has 6 heteroatoms. The van der Waals surface area contributed by atoms with Crippen molar-refractivity contribution in [3.8, 4) is 0 Å². The maximum Gasteiger partial charge on any atom is 0.335 e. The van der Waals surface area contributed by atoms with Gasteiger partial charge in [-0.05, 0) is 70.5 Å². The smallest absolute Gasteiger partial charge is 0.335 e. The summed E-state index contributed by atoms with van der Waals surface area (Å²) in [7, 11) is -1.66. The predicted molar refractivity (Wildman–Crippen MR) is 132 cm³/mol. The average molecular weight is 508 g/mol. The van der Waals surface area contributed by atoms with Crippen LogP contribution in [0.2, 0.25) is 19.6 Å². The van der Waals surface area contributed by atoms with Crippen molar-refractivity contribution in [1.82, 2.24) is 0 Å². The molecule has 0 heterocycles. The van der Waals surface area contributed by atoms with Gasteiger partial charge in [0.15, 0.2) is 0 Å². The Balaban J connectivity index is 0.00000341. The van der Waals surface area contributed by atoms with E-state index in [0.29, 0.717) is 5.56 Å². The Hall–Kier alpha value is -1.69. The molecule has 3 rings (SSSR count). The first-order chi connectivity index (χ1) is 13.7. The van der Waals surface area contributed by atoms with Crippen LogP contribution >= 0.6 is 0 Å². The van der Waals surface area contributed by atoms with Gasteiger partial charge in [-0.3, -0.25) is 0 Å². The second-order valence-corrected chi connectivity index (χ2v) is 16.3. The molecule has 0 bridgehead atoms. The summed E-state index contributed by atoms with van der Waals surface area (Å²) >= 11 is 0. The summed E-state index contributed by atoms with van der Waals surface area (Å²) in [5, 5.41) is 10.6. The molecule has 1 aliphatic rings. The van der Waals surface area contributed by atoms with Crippen LogP contribution < -0.4 is 0 Å². The zero-order chi connectivity index (χ0) is 22.5. The molecule has 1 aliphatic carbocycles. The number of rotatable bonds is 4. The van der Waals surface area contributed by atoms with Gasteiger partial charge in [0.1, 0.15) is 0 Å². The normalized spacial score (nSPS) is 16.4. The van der Waals surface area contributed by atoms with Gasteiger partial charge in [0.25, 0.3) is 0 Å². The molecule has 0 aliphatic heterocycles. The molecule has 0 spiro atoms. The van der Waals surface area contributed by atoms with Crippen molar-refractivity contribution in [3.63, 3.8) is 0 Å². The fraction of sp³-hybridized carbons (Fsp3) is 0.444. The van der Waals surface area contributed by atoms with Crippen molar-refractivity contribution in [2.24, 2.45) is 0 Å². The minimum atomic E-state index is -1.66. The second kappa shape index (κ2) is 10.7. The number of hydrogen-bond acceptors (Lipinski definition) is 1. The molecule has 183 valence electrons. The van der Waals surface area contributed by atoms with Gasteiger partial charge in [-0.15, -0.1) is 0 Å². The summed E-state index contributed by atoms with van der Waals surface area (Å²) in [5.74, 6) is -0.883. The summed E-state index contributed by atoms with van der Waals surface area (Å²) in [6.07, 6.45) is 4.71. The van der Waals surface area contributed by atoms with Crippen LogP contribution in [0, 0.1) is 6.92 Å². The summed E-state index contributed by atoms with van der Waals surface area (Å²) in [5.41, 5.74) is 7.48. The number of carbonyl (C=O) groups is 1. The third kappa shape index (κ3) is 6.46. The Morgan fingerprint density at radius 1 is 0.909 bits per heavy atom. The van der Waals surface area contributed by atoms with Crippen LogP contribution in [-0.2, 0) is 38.9 Å². The van der Waals surface area contributed by atoms with E-state index in [2.05, 4.69) is 72.5 Å². The van der Waals surface area contributed by atoms with Crippen molar-refractivity contribution in [1.29, 1.82) is 0 Å². The quantitative estimate of drug-likeness (QED) is 0.349. The summed E-state index contributed by atoms with van der Waals surface area (Å²) in [6, 6.07) is 12.1. The molecule has 0 aromatic heterocycles. The van der Waals surface area contributed by atoms with E-state index in [1.165, 1.54) is 40.3 Å². The van der Waals surface area contributed by atoms with Gasteiger partial charge >= 0.3 is 5.97 Å². The van der Waals surface area contributed by atoms with E-state index < -0.39 is 14.0 Å². The second-order valence-electron chi connectivity index (χ2n) is 11.2. The van der Waals surface area contributed by atoms with Crippen molar-refractivity contribution < 1.29 is 37.9 Å². The predicted octanol–water partition coefficient (Wildman–Crippen LogP) is 7.22. The summed E-state index contributed by atoms with van der Waals surface area (Å²) in [4.78, 5) is 11.2. The van der Waals surface area contributed by atoms with Crippen LogP contribution in [0.3, 0.4) is 0 Å². The van der Waals surface area contributed by atoms with Gasteiger partial charge in [-0.25, -0.2) is 4.79 Å². The van der Waals surface area contributed by atoms with Crippen molar-refractivity contribution >= 4 is 25.3 Å². The maximum atomic E-state index is 11.2. The molecule has 33 heavy (non-hydrogen) atoms. The molecule has 2 aromatic rings. The van der Waals surface area contributed by atoms with Crippen LogP contribution in [0.25, 0.3) is 11.3 Å². The molecule has 0 fully saturated rings. The molecule has 0 amide bonds. The Labute approximate surface area is 210 Å². The third-order valence-corrected chi connectivity index (χ3v) is 8.79. The van der Waals surface area contributed by atoms with Gasteiger partial charge in [0, 0.05) is 17.1 Å². The first-order valence-corrected chi connectivity index (χ1v) is 14.4. The van der Waals surface area contributed by atoms with E-state index in [1.54, 1.807) is 12.1 Å². The van der Waals surface area contributed by atoms with E-state index in [-0.39, 0.29) is 38.9 Å². The van der Waals surface area contributed by atoms with E-state index in [4.69, 9.17) is 0 Å². The van der Waals surface area contributed by atoms with E-state index in [1.807, 2.05) is 12.1 Å². The number of aryl methyl sites for hydroxylation is 1. The van der Waals surface area contributed by atoms with Gasteiger partial charge in [0.05, 0.1) is 13.6 Å². The molecule has 1 radical (unpaired) electrons. The minimum absolute atomic E-state index is 0. The van der Waals surface area contributed by atoms with Crippen LogP contribution in [0.5, 0.6) is 0 Å². The molecular weight excluding hydrogens is 471 g/mol. The van der Waals surface area contributed by atoms with E-state index in [0.717, 1.165) is 5.56 Å². The number of hydrogen-bond donors (Lipinski definition) is 1. The number of carboxylic acids is 1. The number of benzene rings is 2. The molecule has 0 unspecified atom stereocenters. The Morgan fingerprint density at radius 2 is 1.36 bits per heavy atom. The summed E-state index contributed by atoms with van der Waals surface area (Å²) < 4.78 is 0. The molecule has 4 nitrogen and oxygen atoms in total. The molecule has 0 saturated heterocycles. The third-order valence-electron chi connectivity index (χ3n) is 6.76. The van der Waals surface area contributed by atoms with Crippen LogP contribution in [0.4, 0.5) is 0 Å². The Bertz CT molecular complexity index is 1020. The summed E-state index contributed by atoms with van der Waals surface area (Å²) in [6.45, 7) is 18.9. The monoisotopic (exact) mass is 507 g/mol. The molecule has 0 atom stereocenters. The largest absolute Gasteiger partial charge is 2.00 e. The standard InChI is InChI=1S/C27H36O2Si.Mn.2O/c1-18-15-22-23(27(4,5)14-13-26(22,2)3)17-21(18)24(30(6,7)8)16-19-9-11-20(12-10-19)25(28)29;;;/h9-12,15-17H,13-14H2,1-8H3,(H,28,29);;;/q;;2*-2/b24-16-;;;. The number of carboxylic acid groups (broad SMARTS) is 1. The zero-order valence-electron chi connectivity index (χ0n) is 21.0. The average Bonchev–Trinajstić information content (AvgIpc) is 2.63. The SMILES string of the molecule is Cc1cc2c(cc1/C(=C/c1ccc(C(=O)O)cc1)[Si](C)(C)C)C(C)(C)CCC2(C)C.[Mn].[O-2].[O-2]. The van der Waals surface area contributed by atoms with Crippen LogP contribution in [0.1, 0.15) is 78.7 Å². The zero-order valence-corrected chi connectivity index (χ0v) is 23.2. The van der Waals surface area contributed by atoms with E-state index >= 15 is 0 Å². The van der Waals surface area contributed by atoms with Gasteiger partial charge in [0.2, 0.25) is 0 Å². The van der Waals surface area contributed by atoms with Crippen molar-refractivity contribution in [2.75, 3.05) is 0 Å². The Morgan fingerprint density at radius 3 is 1.79 bits per heavy atom. The first-order valence-electron chi connectivity index (χ1n) is 10.9. The molecule has 0 saturated carbocycles.